The van der Waals surface area contributed by atoms with Gasteiger partial charge in [-0.2, -0.15) is 0 Å². The van der Waals surface area contributed by atoms with Crippen LogP contribution in [-0.4, -0.2) is 26.5 Å². The van der Waals surface area contributed by atoms with Crippen molar-refractivity contribution in [3.05, 3.63) is 54.9 Å². The van der Waals surface area contributed by atoms with Crippen LogP contribution >= 0.6 is 0 Å². The maximum Gasteiger partial charge on any atom is 0.196 e. The Balaban J connectivity index is 1.68. The fraction of sp³-hybridized carbons (Fsp3) is 0.263. The Bertz CT molecular complexity index is 1030. The first-order valence-corrected chi connectivity index (χ1v) is 8.57. The minimum Gasteiger partial charge on any atom is -0.450 e. The second kappa shape index (κ2) is 5.81. The lowest BCUT2D eigenvalue weighted by molar-refractivity contribution is 0.452. The van der Waals surface area contributed by atoms with Gasteiger partial charge in [-0.1, -0.05) is 12.1 Å². The second-order valence-electron chi connectivity index (χ2n) is 6.29. The summed E-state index contributed by atoms with van der Waals surface area (Å²) in [6.45, 7) is 0.909. The summed E-state index contributed by atoms with van der Waals surface area (Å²) in [6, 6.07) is 9.93. The number of benzene rings is 1. The largest absolute Gasteiger partial charge is 0.450 e. The first-order chi connectivity index (χ1) is 12.4. The SMILES string of the molecule is c1cnc(C2CCCCN2c2ncnc3c2oc2ccccc23)nc1. The van der Waals surface area contributed by atoms with E-state index in [1.165, 1.54) is 0 Å². The predicted octanol–water partition coefficient (Wildman–Crippen LogP) is 3.90. The van der Waals surface area contributed by atoms with Crippen LogP contribution in [-0.2, 0) is 0 Å². The van der Waals surface area contributed by atoms with Gasteiger partial charge in [0.15, 0.2) is 17.2 Å². The Morgan fingerprint density at radius 2 is 1.84 bits per heavy atom. The minimum atomic E-state index is 0.112. The molecule has 6 nitrogen and oxygen atoms in total. The van der Waals surface area contributed by atoms with Crippen LogP contribution < -0.4 is 4.90 Å². The lowest BCUT2D eigenvalue weighted by atomic mass is 10.0. The molecule has 6 heteroatoms. The number of hydrogen-bond acceptors (Lipinski definition) is 6. The Hall–Kier alpha value is -3.02. The van der Waals surface area contributed by atoms with Gasteiger partial charge >= 0.3 is 0 Å². The quantitative estimate of drug-likeness (QED) is 0.555. The molecule has 1 aliphatic rings. The maximum absolute atomic E-state index is 6.11. The van der Waals surface area contributed by atoms with Crippen molar-refractivity contribution in [1.82, 2.24) is 19.9 Å². The highest BCUT2D eigenvalue weighted by Gasteiger charge is 2.29. The van der Waals surface area contributed by atoms with Crippen molar-refractivity contribution in [3.63, 3.8) is 0 Å². The number of fused-ring (bicyclic) bond motifs is 3. The molecule has 25 heavy (non-hydrogen) atoms. The molecule has 0 bridgehead atoms. The summed E-state index contributed by atoms with van der Waals surface area (Å²) in [4.78, 5) is 20.2. The molecule has 1 unspecified atom stereocenters. The molecule has 4 heterocycles. The molecule has 1 atom stereocenters. The number of anilines is 1. The van der Waals surface area contributed by atoms with Crippen LogP contribution in [0.15, 0.2) is 53.5 Å². The molecule has 3 aromatic heterocycles. The highest BCUT2D eigenvalue weighted by molar-refractivity contribution is 6.05. The van der Waals surface area contributed by atoms with E-state index in [-0.39, 0.29) is 6.04 Å². The van der Waals surface area contributed by atoms with Crippen LogP contribution in [0, 0.1) is 0 Å². The molecule has 124 valence electrons. The normalized spacial score (nSPS) is 18.1. The molecule has 1 saturated heterocycles. The third-order valence-electron chi connectivity index (χ3n) is 4.80. The van der Waals surface area contributed by atoms with Gasteiger partial charge in [0.2, 0.25) is 0 Å². The fourth-order valence-corrected chi connectivity index (χ4v) is 3.65. The number of furan rings is 1. The lowest BCUT2D eigenvalue weighted by Gasteiger charge is -2.35. The van der Waals surface area contributed by atoms with Crippen LogP contribution in [0.1, 0.15) is 31.1 Å². The van der Waals surface area contributed by atoms with Gasteiger partial charge in [-0.25, -0.2) is 19.9 Å². The molecule has 5 rings (SSSR count). The van der Waals surface area contributed by atoms with Crippen molar-refractivity contribution in [1.29, 1.82) is 0 Å². The van der Waals surface area contributed by atoms with Crippen LogP contribution in [0.5, 0.6) is 0 Å². The molecule has 0 spiro atoms. The van der Waals surface area contributed by atoms with Crippen molar-refractivity contribution in [2.75, 3.05) is 11.4 Å². The lowest BCUT2D eigenvalue weighted by Crippen LogP contribution is -2.35. The Morgan fingerprint density at radius 1 is 0.960 bits per heavy atom. The standard InChI is InChI=1S/C19H17N5O/c1-2-8-15-13(6-1)16-17(25-15)19(23-12-22-16)24-11-4-3-7-14(24)18-20-9-5-10-21-18/h1-2,5-6,8-10,12,14H,3-4,7,11H2. The van der Waals surface area contributed by atoms with Gasteiger partial charge in [-0.05, 0) is 37.5 Å². The van der Waals surface area contributed by atoms with E-state index in [1.807, 2.05) is 30.3 Å². The zero-order valence-corrected chi connectivity index (χ0v) is 13.7. The van der Waals surface area contributed by atoms with E-state index in [2.05, 4.69) is 24.8 Å². The summed E-state index contributed by atoms with van der Waals surface area (Å²) in [7, 11) is 0. The van der Waals surface area contributed by atoms with Crippen molar-refractivity contribution in [2.45, 2.75) is 25.3 Å². The van der Waals surface area contributed by atoms with E-state index in [1.54, 1.807) is 18.7 Å². The Kier molecular flexibility index (Phi) is 3.33. The Labute approximate surface area is 144 Å². The molecule has 1 fully saturated rings. The molecule has 0 saturated carbocycles. The topological polar surface area (TPSA) is 67.9 Å². The summed E-state index contributed by atoms with van der Waals surface area (Å²) in [6.07, 6.45) is 8.51. The first-order valence-electron chi connectivity index (χ1n) is 8.57. The maximum atomic E-state index is 6.11. The van der Waals surface area contributed by atoms with Gasteiger partial charge in [-0.3, -0.25) is 0 Å². The number of aromatic nitrogens is 4. The molecule has 4 aromatic rings. The minimum absolute atomic E-state index is 0.112. The van der Waals surface area contributed by atoms with Crippen LogP contribution in [0.3, 0.4) is 0 Å². The van der Waals surface area contributed by atoms with Gasteiger partial charge < -0.3 is 9.32 Å². The number of nitrogens with zero attached hydrogens (tertiary/aromatic N) is 5. The van der Waals surface area contributed by atoms with Crippen molar-refractivity contribution >= 4 is 27.9 Å². The van der Waals surface area contributed by atoms with Gasteiger partial charge in [-0.15, -0.1) is 0 Å². The third-order valence-corrected chi connectivity index (χ3v) is 4.80. The fourth-order valence-electron chi connectivity index (χ4n) is 3.65. The third kappa shape index (κ3) is 2.33. The molecule has 0 amide bonds. The van der Waals surface area contributed by atoms with Crippen molar-refractivity contribution in [2.24, 2.45) is 0 Å². The molecule has 0 N–H and O–H groups in total. The average Bonchev–Trinajstić information content (AvgIpc) is 3.07. The molecular formula is C19H17N5O. The summed E-state index contributed by atoms with van der Waals surface area (Å²) in [5, 5.41) is 1.02. The van der Waals surface area contributed by atoms with E-state index >= 15 is 0 Å². The summed E-state index contributed by atoms with van der Waals surface area (Å²) < 4.78 is 6.11. The van der Waals surface area contributed by atoms with E-state index in [9.17, 15) is 0 Å². The summed E-state index contributed by atoms with van der Waals surface area (Å²) >= 11 is 0. The average molecular weight is 331 g/mol. The van der Waals surface area contributed by atoms with E-state index < -0.39 is 0 Å². The predicted molar refractivity (Wildman–Crippen MR) is 95.3 cm³/mol. The summed E-state index contributed by atoms with van der Waals surface area (Å²) in [5.41, 5.74) is 2.44. The van der Waals surface area contributed by atoms with Crippen molar-refractivity contribution < 1.29 is 4.42 Å². The van der Waals surface area contributed by atoms with Gasteiger partial charge in [0.1, 0.15) is 17.4 Å². The molecule has 1 aliphatic heterocycles. The first kappa shape index (κ1) is 14.3. The summed E-state index contributed by atoms with van der Waals surface area (Å²) in [5.74, 6) is 1.67. The zero-order chi connectivity index (χ0) is 16.6. The highest BCUT2D eigenvalue weighted by atomic mass is 16.3. The van der Waals surface area contributed by atoms with Crippen LogP contribution in [0.4, 0.5) is 5.82 Å². The number of piperidine rings is 1. The van der Waals surface area contributed by atoms with Gasteiger partial charge in [0, 0.05) is 24.3 Å². The molecule has 1 aromatic carbocycles. The smallest absolute Gasteiger partial charge is 0.196 e. The monoisotopic (exact) mass is 331 g/mol. The van der Waals surface area contributed by atoms with E-state index in [0.29, 0.717) is 0 Å². The molecule has 0 radical (unpaired) electrons. The van der Waals surface area contributed by atoms with E-state index in [0.717, 1.165) is 59.5 Å². The van der Waals surface area contributed by atoms with Gasteiger partial charge in [0.05, 0.1) is 6.04 Å². The number of hydrogen-bond donors (Lipinski definition) is 0. The number of rotatable bonds is 2. The van der Waals surface area contributed by atoms with Crippen LogP contribution in [0.2, 0.25) is 0 Å². The Morgan fingerprint density at radius 3 is 2.76 bits per heavy atom. The van der Waals surface area contributed by atoms with E-state index in [4.69, 9.17) is 4.42 Å². The van der Waals surface area contributed by atoms with Crippen molar-refractivity contribution in [3.8, 4) is 0 Å². The highest BCUT2D eigenvalue weighted by Crippen LogP contribution is 2.38. The van der Waals surface area contributed by atoms with Crippen LogP contribution in [0.25, 0.3) is 22.1 Å². The zero-order valence-electron chi connectivity index (χ0n) is 13.7. The van der Waals surface area contributed by atoms with Gasteiger partial charge in [0.25, 0.3) is 0 Å². The second-order valence-corrected chi connectivity index (χ2v) is 6.29. The molecular weight excluding hydrogens is 314 g/mol. The number of para-hydroxylation sites is 1. The molecule has 0 aliphatic carbocycles.